The lowest BCUT2D eigenvalue weighted by Gasteiger charge is -2.41. The molecule has 0 radical (unpaired) electrons. The topological polar surface area (TPSA) is 103 Å². The summed E-state index contributed by atoms with van der Waals surface area (Å²) in [7, 11) is 0. The number of pyridine rings is 1. The molecule has 0 aliphatic carbocycles. The van der Waals surface area contributed by atoms with E-state index in [2.05, 4.69) is 14.9 Å². The smallest absolute Gasteiger partial charge is 0.407 e. The van der Waals surface area contributed by atoms with Gasteiger partial charge < -0.3 is 20.0 Å². The number of phenols is 1. The monoisotopic (exact) mass is 441 g/mol. The van der Waals surface area contributed by atoms with Crippen molar-refractivity contribution in [2.45, 2.75) is 12.5 Å². The normalized spacial score (nSPS) is 16.2. The largest absolute Gasteiger partial charge is 0.507 e. The number of aromatic nitrogens is 3. The minimum Gasteiger partial charge on any atom is -0.507 e. The number of carboxylic acid groups (broad SMARTS) is 1. The summed E-state index contributed by atoms with van der Waals surface area (Å²) in [6.07, 6.45) is 3.12. The van der Waals surface area contributed by atoms with Gasteiger partial charge in [-0.3, -0.25) is 4.98 Å². The van der Waals surface area contributed by atoms with Gasteiger partial charge in [0.05, 0.1) is 17.1 Å². The molecule has 2 aromatic heterocycles. The van der Waals surface area contributed by atoms with Crippen molar-refractivity contribution in [1.82, 2.24) is 19.9 Å². The standard InChI is InChI=1S/C25H23N5O3/c31-22-10-4-2-8-20(22)23-27-21-9-3-1-7-19(21)24(28-23)29-12-13-30(25(32)33)18(16-29)14-17-6-5-11-26-15-17/h1-11,15,18,31H,12-14,16H2,(H,32,33). The Kier molecular flexibility index (Phi) is 5.48. The number of aromatic hydroxyl groups is 1. The van der Waals surface area contributed by atoms with Crippen LogP contribution in [0.25, 0.3) is 22.3 Å². The van der Waals surface area contributed by atoms with Crippen molar-refractivity contribution < 1.29 is 15.0 Å². The fourth-order valence-corrected chi connectivity index (χ4v) is 4.35. The summed E-state index contributed by atoms with van der Waals surface area (Å²) in [5, 5.41) is 21.0. The number of anilines is 1. The summed E-state index contributed by atoms with van der Waals surface area (Å²) >= 11 is 0. The van der Waals surface area contributed by atoms with Gasteiger partial charge in [0.25, 0.3) is 0 Å². The summed E-state index contributed by atoms with van der Waals surface area (Å²) in [4.78, 5) is 29.2. The minimum absolute atomic E-state index is 0.115. The summed E-state index contributed by atoms with van der Waals surface area (Å²) in [6, 6.07) is 18.3. The van der Waals surface area contributed by atoms with Crippen LogP contribution in [0.2, 0.25) is 0 Å². The van der Waals surface area contributed by atoms with E-state index in [9.17, 15) is 15.0 Å². The van der Waals surface area contributed by atoms with Crippen molar-refractivity contribution in [2.24, 2.45) is 0 Å². The number of fused-ring (bicyclic) bond motifs is 1. The van der Waals surface area contributed by atoms with Crippen LogP contribution in [0.5, 0.6) is 5.75 Å². The molecule has 0 bridgehead atoms. The first-order chi connectivity index (χ1) is 16.1. The molecule has 33 heavy (non-hydrogen) atoms. The third-order valence-corrected chi connectivity index (χ3v) is 5.95. The van der Waals surface area contributed by atoms with Gasteiger partial charge in [0.1, 0.15) is 11.6 Å². The molecule has 2 N–H and O–H groups in total. The van der Waals surface area contributed by atoms with E-state index in [4.69, 9.17) is 4.98 Å². The molecule has 1 fully saturated rings. The van der Waals surface area contributed by atoms with Crippen LogP contribution in [-0.2, 0) is 6.42 Å². The van der Waals surface area contributed by atoms with Crippen LogP contribution in [0.15, 0.2) is 73.1 Å². The minimum atomic E-state index is -0.925. The number of para-hydroxylation sites is 2. The fraction of sp³-hybridized carbons (Fsp3) is 0.200. The average Bonchev–Trinajstić information content (AvgIpc) is 2.84. The van der Waals surface area contributed by atoms with Crippen molar-refractivity contribution in [3.63, 3.8) is 0 Å². The highest BCUT2D eigenvalue weighted by Gasteiger charge is 2.32. The van der Waals surface area contributed by atoms with E-state index in [0.717, 1.165) is 22.3 Å². The number of benzene rings is 2. The molecule has 166 valence electrons. The summed E-state index contributed by atoms with van der Waals surface area (Å²) in [6.45, 7) is 1.37. The number of amides is 1. The van der Waals surface area contributed by atoms with Gasteiger partial charge in [0, 0.05) is 37.4 Å². The Labute approximate surface area is 190 Å². The number of rotatable bonds is 4. The Morgan fingerprint density at radius 2 is 1.82 bits per heavy atom. The number of nitrogens with zero attached hydrogens (tertiary/aromatic N) is 5. The van der Waals surface area contributed by atoms with Gasteiger partial charge in [-0.1, -0.05) is 30.3 Å². The molecular weight excluding hydrogens is 418 g/mol. The number of hydrogen-bond donors (Lipinski definition) is 2. The van der Waals surface area contributed by atoms with Crippen LogP contribution < -0.4 is 4.90 Å². The molecule has 1 atom stereocenters. The maximum absolute atomic E-state index is 11.9. The molecule has 5 rings (SSSR count). The zero-order valence-electron chi connectivity index (χ0n) is 17.9. The van der Waals surface area contributed by atoms with Crippen LogP contribution >= 0.6 is 0 Å². The van der Waals surface area contributed by atoms with Crippen LogP contribution in [0.4, 0.5) is 10.6 Å². The second kappa shape index (κ2) is 8.74. The summed E-state index contributed by atoms with van der Waals surface area (Å²) in [5.74, 6) is 1.29. The Hall–Kier alpha value is -4.20. The zero-order chi connectivity index (χ0) is 22.8. The van der Waals surface area contributed by atoms with Crippen molar-refractivity contribution in [3.05, 3.63) is 78.6 Å². The molecule has 1 aliphatic rings. The predicted octanol–water partition coefficient (Wildman–Crippen LogP) is 3.81. The Morgan fingerprint density at radius 1 is 1.00 bits per heavy atom. The van der Waals surface area contributed by atoms with E-state index >= 15 is 0 Å². The number of piperazine rings is 1. The van der Waals surface area contributed by atoms with Gasteiger partial charge in [0.15, 0.2) is 5.82 Å². The lowest BCUT2D eigenvalue weighted by atomic mass is 10.0. The van der Waals surface area contributed by atoms with Crippen LogP contribution in [0.1, 0.15) is 5.56 Å². The number of hydrogen-bond acceptors (Lipinski definition) is 6. The molecule has 1 unspecified atom stereocenters. The molecule has 1 saturated heterocycles. The van der Waals surface area contributed by atoms with Crippen LogP contribution in [0, 0.1) is 0 Å². The second-order valence-electron chi connectivity index (χ2n) is 8.05. The van der Waals surface area contributed by atoms with E-state index in [1.807, 2.05) is 42.5 Å². The van der Waals surface area contributed by atoms with Gasteiger partial charge >= 0.3 is 6.09 Å². The summed E-state index contributed by atoms with van der Waals surface area (Å²) < 4.78 is 0. The maximum atomic E-state index is 11.9. The van der Waals surface area contributed by atoms with Crippen LogP contribution in [-0.4, -0.2) is 61.8 Å². The summed E-state index contributed by atoms with van der Waals surface area (Å²) in [5.41, 5.74) is 2.31. The van der Waals surface area contributed by atoms with Gasteiger partial charge in [-0.25, -0.2) is 14.8 Å². The molecule has 1 amide bonds. The van der Waals surface area contributed by atoms with Gasteiger partial charge in [-0.05, 0) is 42.3 Å². The first-order valence-electron chi connectivity index (χ1n) is 10.8. The Morgan fingerprint density at radius 3 is 2.61 bits per heavy atom. The average molecular weight is 441 g/mol. The molecule has 8 heteroatoms. The van der Waals surface area contributed by atoms with Crippen LogP contribution in [0.3, 0.4) is 0 Å². The van der Waals surface area contributed by atoms with Crippen molar-refractivity contribution >= 4 is 22.8 Å². The SMILES string of the molecule is O=C(O)N1CCN(c2nc(-c3ccccc3O)nc3ccccc23)CC1Cc1cccnc1. The molecule has 0 spiro atoms. The molecule has 2 aromatic carbocycles. The highest BCUT2D eigenvalue weighted by Crippen LogP contribution is 2.32. The van der Waals surface area contributed by atoms with Gasteiger partial charge in [-0.15, -0.1) is 0 Å². The van der Waals surface area contributed by atoms with E-state index < -0.39 is 6.09 Å². The third-order valence-electron chi connectivity index (χ3n) is 5.95. The maximum Gasteiger partial charge on any atom is 0.407 e. The first kappa shape index (κ1) is 20.7. The van der Waals surface area contributed by atoms with Gasteiger partial charge in [-0.2, -0.15) is 0 Å². The number of phenolic OH excluding ortho intramolecular Hbond substituents is 1. The van der Waals surface area contributed by atoms with E-state index in [0.29, 0.717) is 37.4 Å². The fourth-order valence-electron chi connectivity index (χ4n) is 4.35. The Balaban J connectivity index is 1.55. The second-order valence-corrected chi connectivity index (χ2v) is 8.05. The van der Waals surface area contributed by atoms with Gasteiger partial charge in [0.2, 0.25) is 0 Å². The molecular formula is C25H23N5O3. The third kappa shape index (κ3) is 4.15. The molecule has 8 nitrogen and oxygen atoms in total. The molecule has 3 heterocycles. The molecule has 1 aliphatic heterocycles. The predicted molar refractivity (Wildman–Crippen MR) is 125 cm³/mol. The Bertz CT molecular complexity index is 1300. The highest BCUT2D eigenvalue weighted by atomic mass is 16.4. The zero-order valence-corrected chi connectivity index (χ0v) is 17.9. The molecule has 4 aromatic rings. The van der Waals surface area contributed by atoms with Crippen molar-refractivity contribution in [1.29, 1.82) is 0 Å². The lowest BCUT2D eigenvalue weighted by molar-refractivity contribution is 0.118. The van der Waals surface area contributed by atoms with E-state index in [1.54, 1.807) is 30.6 Å². The molecule has 0 saturated carbocycles. The lowest BCUT2D eigenvalue weighted by Crippen LogP contribution is -2.56. The van der Waals surface area contributed by atoms with Crippen molar-refractivity contribution in [3.8, 4) is 17.1 Å². The highest BCUT2D eigenvalue weighted by molar-refractivity contribution is 5.91. The number of carbonyl (C=O) groups is 1. The quantitative estimate of drug-likeness (QED) is 0.496. The van der Waals surface area contributed by atoms with Crippen molar-refractivity contribution in [2.75, 3.05) is 24.5 Å². The van der Waals surface area contributed by atoms with E-state index in [-0.39, 0.29) is 11.8 Å². The van der Waals surface area contributed by atoms with E-state index in [1.165, 1.54) is 4.90 Å². The first-order valence-corrected chi connectivity index (χ1v) is 10.8.